The second-order valence-corrected chi connectivity index (χ2v) is 8.18. The third kappa shape index (κ3) is 5.38. The van der Waals surface area contributed by atoms with E-state index < -0.39 is 0 Å². The van der Waals surface area contributed by atoms with Crippen molar-refractivity contribution in [1.29, 1.82) is 0 Å². The van der Waals surface area contributed by atoms with Crippen LogP contribution in [0.15, 0.2) is 36.5 Å². The third-order valence-corrected chi connectivity index (χ3v) is 5.86. The van der Waals surface area contributed by atoms with E-state index in [-0.39, 0.29) is 23.6 Å². The van der Waals surface area contributed by atoms with Gasteiger partial charge >= 0.3 is 0 Å². The highest BCUT2D eigenvalue weighted by Crippen LogP contribution is 2.28. The Morgan fingerprint density at radius 2 is 2.00 bits per heavy atom. The highest BCUT2D eigenvalue weighted by Gasteiger charge is 2.27. The van der Waals surface area contributed by atoms with Gasteiger partial charge in [0.25, 0.3) is 0 Å². The van der Waals surface area contributed by atoms with Gasteiger partial charge in [0.05, 0.1) is 17.9 Å². The number of unbranched alkanes of at least 4 members (excludes halogenated alkanes) is 1. The normalized spacial score (nSPS) is 17.2. The van der Waals surface area contributed by atoms with Crippen molar-refractivity contribution in [2.75, 3.05) is 18.0 Å². The average Bonchev–Trinajstić information content (AvgIpc) is 3.21. The number of carbonyl (C=O) groups excluding carboxylic acids is 1. The van der Waals surface area contributed by atoms with Gasteiger partial charge in [0, 0.05) is 31.5 Å². The number of hydrogen-bond acceptors (Lipinski definition) is 4. The number of rotatable bonds is 10. The van der Waals surface area contributed by atoms with Gasteiger partial charge in [-0.1, -0.05) is 39.3 Å². The minimum absolute atomic E-state index is 0.0154. The maximum Gasteiger partial charge on any atom is 0.167 e. The van der Waals surface area contributed by atoms with Crippen molar-refractivity contribution in [2.45, 2.75) is 71.3 Å². The highest BCUT2D eigenvalue weighted by atomic mass is 19.1. The van der Waals surface area contributed by atoms with E-state index in [4.69, 9.17) is 4.74 Å². The van der Waals surface area contributed by atoms with Crippen LogP contribution in [0.5, 0.6) is 5.75 Å². The summed E-state index contributed by atoms with van der Waals surface area (Å²) in [7, 11) is 0. The van der Waals surface area contributed by atoms with Gasteiger partial charge in [-0.3, -0.25) is 9.78 Å². The smallest absolute Gasteiger partial charge is 0.167 e. The van der Waals surface area contributed by atoms with E-state index in [0.29, 0.717) is 30.8 Å². The van der Waals surface area contributed by atoms with Gasteiger partial charge < -0.3 is 9.64 Å². The first-order chi connectivity index (χ1) is 14.5. The fourth-order valence-electron chi connectivity index (χ4n) is 3.96. The molecule has 1 aromatic heterocycles. The third-order valence-electron chi connectivity index (χ3n) is 5.86. The van der Waals surface area contributed by atoms with E-state index in [0.717, 1.165) is 43.5 Å². The quantitative estimate of drug-likeness (QED) is 0.502. The number of pyridine rings is 1. The molecular formula is C25H33FN2O2. The van der Waals surface area contributed by atoms with Crippen LogP contribution >= 0.6 is 0 Å². The molecule has 0 spiro atoms. The van der Waals surface area contributed by atoms with Gasteiger partial charge in [0.2, 0.25) is 0 Å². The van der Waals surface area contributed by atoms with Crippen LogP contribution in [0.2, 0.25) is 0 Å². The van der Waals surface area contributed by atoms with Crippen LogP contribution in [-0.2, 0) is 11.2 Å². The molecule has 1 fully saturated rings. The van der Waals surface area contributed by atoms with Crippen molar-refractivity contribution >= 4 is 11.5 Å². The Balaban J connectivity index is 1.59. The lowest BCUT2D eigenvalue weighted by Gasteiger charge is -2.20. The molecule has 2 atom stereocenters. The molecule has 0 radical (unpaired) electrons. The maximum atomic E-state index is 14.9. The van der Waals surface area contributed by atoms with Crippen molar-refractivity contribution < 1.29 is 13.9 Å². The van der Waals surface area contributed by atoms with Crippen molar-refractivity contribution in [2.24, 2.45) is 0 Å². The Morgan fingerprint density at radius 1 is 1.23 bits per heavy atom. The number of aryl methyl sites for hydroxylation is 1. The van der Waals surface area contributed by atoms with Crippen molar-refractivity contribution in [3.63, 3.8) is 0 Å². The molecule has 1 unspecified atom stereocenters. The lowest BCUT2D eigenvalue weighted by atomic mass is 9.94. The average molecular weight is 413 g/mol. The topological polar surface area (TPSA) is 42.4 Å². The largest absolute Gasteiger partial charge is 0.489 e. The van der Waals surface area contributed by atoms with E-state index in [9.17, 15) is 9.18 Å². The molecule has 1 aliphatic heterocycles. The van der Waals surface area contributed by atoms with E-state index >= 15 is 0 Å². The number of hydrogen-bond donors (Lipinski definition) is 0. The minimum Gasteiger partial charge on any atom is -0.489 e. The molecule has 0 aliphatic carbocycles. The van der Waals surface area contributed by atoms with Crippen molar-refractivity contribution in [1.82, 2.24) is 4.98 Å². The molecule has 0 bridgehead atoms. The summed E-state index contributed by atoms with van der Waals surface area (Å²) in [5.74, 6) is 0.786. The first-order valence-corrected chi connectivity index (χ1v) is 11.2. The summed E-state index contributed by atoms with van der Waals surface area (Å²) in [5.41, 5.74) is 2.20. The van der Waals surface area contributed by atoms with Crippen LogP contribution in [0.25, 0.3) is 0 Å². The van der Waals surface area contributed by atoms with Gasteiger partial charge in [-0.15, -0.1) is 0 Å². The second-order valence-electron chi connectivity index (χ2n) is 8.18. The van der Waals surface area contributed by atoms with Crippen LogP contribution < -0.4 is 9.64 Å². The number of carbonyl (C=O) groups is 1. The standard InChI is InChI=1S/C25H33FN2O2/c1-4-6-8-22-25(26)23(13-15-27-22)28-16-14-21(17-28)30-20-11-9-19(10-12-20)18(3)24(29)7-5-2/h9-13,15,18,21H,4-8,14,16-17H2,1-3H3/t18?,21-/m1/s1. The van der Waals surface area contributed by atoms with Crippen LogP contribution in [-0.4, -0.2) is 30.0 Å². The van der Waals surface area contributed by atoms with Crippen LogP contribution in [0.3, 0.4) is 0 Å². The number of Topliss-reactive ketones (excluding diaryl/α,β-unsaturated/α-hetero) is 1. The van der Waals surface area contributed by atoms with Gasteiger partial charge in [-0.25, -0.2) is 4.39 Å². The fourth-order valence-corrected chi connectivity index (χ4v) is 3.96. The summed E-state index contributed by atoms with van der Waals surface area (Å²) in [6.07, 6.45) is 6.70. The zero-order valence-electron chi connectivity index (χ0n) is 18.4. The van der Waals surface area contributed by atoms with Crippen molar-refractivity contribution in [3.8, 4) is 5.75 Å². The highest BCUT2D eigenvalue weighted by molar-refractivity contribution is 5.85. The summed E-state index contributed by atoms with van der Waals surface area (Å²) in [6, 6.07) is 9.58. The molecule has 0 amide bonds. The number of benzene rings is 1. The lowest BCUT2D eigenvalue weighted by molar-refractivity contribution is -0.120. The van der Waals surface area contributed by atoms with E-state index in [2.05, 4.69) is 16.8 Å². The summed E-state index contributed by atoms with van der Waals surface area (Å²) in [4.78, 5) is 18.4. The monoisotopic (exact) mass is 412 g/mol. The molecule has 1 saturated heterocycles. The SMILES string of the molecule is CCCCc1nccc(N2CC[C@@H](Oc3ccc(C(C)C(=O)CCC)cc3)C2)c1F. The molecule has 5 heteroatoms. The van der Waals surface area contributed by atoms with E-state index in [1.54, 1.807) is 12.3 Å². The van der Waals surface area contributed by atoms with Gasteiger partial charge in [0.15, 0.2) is 5.82 Å². The predicted molar refractivity (Wildman–Crippen MR) is 119 cm³/mol. The maximum absolute atomic E-state index is 14.9. The molecule has 2 aromatic rings. The first kappa shape index (κ1) is 22.3. The predicted octanol–water partition coefficient (Wildman–Crippen LogP) is 5.69. The van der Waals surface area contributed by atoms with Gasteiger partial charge in [-0.2, -0.15) is 0 Å². The van der Waals surface area contributed by atoms with Crippen LogP contribution in [0.1, 0.15) is 70.1 Å². The summed E-state index contributed by atoms with van der Waals surface area (Å²) in [6.45, 7) is 7.50. The number of ketones is 1. The molecule has 1 aromatic carbocycles. The zero-order chi connectivity index (χ0) is 21.5. The number of aromatic nitrogens is 1. The molecule has 0 saturated carbocycles. The van der Waals surface area contributed by atoms with Crippen molar-refractivity contribution in [3.05, 3.63) is 53.6 Å². The Bertz CT molecular complexity index is 838. The minimum atomic E-state index is -0.193. The molecule has 4 nitrogen and oxygen atoms in total. The number of anilines is 1. The molecule has 1 aliphatic rings. The Morgan fingerprint density at radius 3 is 2.70 bits per heavy atom. The molecule has 3 rings (SSSR count). The fraction of sp³-hybridized carbons (Fsp3) is 0.520. The van der Waals surface area contributed by atoms with Gasteiger partial charge in [-0.05, 0) is 43.0 Å². The second kappa shape index (κ2) is 10.6. The molecule has 0 N–H and O–H groups in total. The first-order valence-electron chi connectivity index (χ1n) is 11.2. The molecule has 2 heterocycles. The number of halogens is 1. The lowest BCUT2D eigenvalue weighted by Crippen LogP contribution is -2.25. The molecular weight excluding hydrogens is 379 g/mol. The Kier molecular flexibility index (Phi) is 7.83. The number of nitrogens with zero attached hydrogens (tertiary/aromatic N) is 2. The number of ether oxygens (including phenoxy) is 1. The summed E-state index contributed by atoms with van der Waals surface area (Å²) < 4.78 is 21.0. The molecule has 30 heavy (non-hydrogen) atoms. The molecule has 162 valence electrons. The zero-order valence-corrected chi connectivity index (χ0v) is 18.4. The summed E-state index contributed by atoms with van der Waals surface area (Å²) in [5, 5.41) is 0. The van der Waals surface area contributed by atoms with Crippen LogP contribution in [0.4, 0.5) is 10.1 Å². The van der Waals surface area contributed by atoms with E-state index in [1.807, 2.05) is 38.1 Å². The van der Waals surface area contributed by atoms with Gasteiger partial charge in [0.1, 0.15) is 17.6 Å². The Hall–Kier alpha value is -2.43. The Labute approximate surface area is 179 Å². The van der Waals surface area contributed by atoms with E-state index in [1.165, 1.54) is 0 Å². The summed E-state index contributed by atoms with van der Waals surface area (Å²) >= 11 is 0. The van der Waals surface area contributed by atoms with Crippen LogP contribution in [0, 0.1) is 5.82 Å².